The van der Waals surface area contributed by atoms with E-state index in [9.17, 15) is 24.6 Å². The molecule has 0 aliphatic carbocycles. The van der Waals surface area contributed by atoms with Crippen molar-refractivity contribution in [3.8, 4) is 0 Å². The van der Waals surface area contributed by atoms with Gasteiger partial charge in [-0.05, 0) is 39.7 Å². The second-order valence-electron chi connectivity index (χ2n) is 11.2. The number of nitrogens with two attached hydrogens (primary N) is 1. The molecule has 1 aromatic rings. The molecule has 2 heterocycles. The molecule has 0 aromatic carbocycles. The second-order valence-corrected chi connectivity index (χ2v) is 12.2. The van der Waals surface area contributed by atoms with Gasteiger partial charge < -0.3 is 25.8 Å². The Morgan fingerprint density at radius 3 is 2.43 bits per heavy atom. The Labute approximate surface area is 223 Å². The number of carboxylic acids is 1. The van der Waals surface area contributed by atoms with E-state index in [-0.39, 0.29) is 24.3 Å². The first-order valence-corrected chi connectivity index (χ1v) is 13.6. The summed E-state index contributed by atoms with van der Waals surface area (Å²) in [4.78, 5) is 41.2. The number of aliphatic hydroxyl groups is 2. The summed E-state index contributed by atoms with van der Waals surface area (Å²) in [6, 6.07) is -0.197. The molecule has 1 aliphatic heterocycles. The van der Waals surface area contributed by atoms with Crippen LogP contribution in [0.1, 0.15) is 77.9 Å². The van der Waals surface area contributed by atoms with Crippen molar-refractivity contribution in [2.45, 2.75) is 104 Å². The normalized spacial score (nSPS) is 24.2. The summed E-state index contributed by atoms with van der Waals surface area (Å²) in [6.07, 6.45) is -0.0717. The number of rotatable bonds is 15. The predicted molar refractivity (Wildman–Crippen MR) is 142 cm³/mol. The summed E-state index contributed by atoms with van der Waals surface area (Å²) in [5.74, 6) is -3.66. The first-order valence-electron chi connectivity index (χ1n) is 12.7. The summed E-state index contributed by atoms with van der Waals surface area (Å²) < 4.78 is 5.89. The molecule has 0 saturated carbocycles. The number of ether oxygens (including phenoxy) is 1. The number of aliphatic hydroxyl groups excluding tert-OH is 2. The van der Waals surface area contributed by atoms with Crippen LogP contribution in [0.2, 0.25) is 0 Å². The van der Waals surface area contributed by atoms with Crippen molar-refractivity contribution in [2.75, 3.05) is 0 Å². The molecule has 2 rings (SSSR count). The van der Waals surface area contributed by atoms with E-state index < -0.39 is 53.2 Å². The van der Waals surface area contributed by atoms with Gasteiger partial charge in [-0.2, -0.15) is 0 Å². The molecule has 0 radical (unpaired) electrons. The van der Waals surface area contributed by atoms with Crippen LogP contribution < -0.4 is 5.73 Å². The fraction of sp³-hybridized carbons (Fsp3) is 0.704. The molecule has 1 aliphatic rings. The number of carbonyl (C=O) groups excluding carboxylic acids is 2. The van der Waals surface area contributed by atoms with Gasteiger partial charge in [-0.3, -0.25) is 14.4 Å². The number of aryl methyl sites for hydroxylation is 1. The molecule has 7 atom stereocenters. The molecule has 0 bridgehead atoms. The van der Waals surface area contributed by atoms with E-state index in [0.29, 0.717) is 12.8 Å². The molecule has 10 heteroatoms. The number of epoxide rings is 1. The Morgan fingerprint density at radius 2 is 1.89 bits per heavy atom. The van der Waals surface area contributed by atoms with Crippen LogP contribution in [0.3, 0.4) is 0 Å². The van der Waals surface area contributed by atoms with Crippen LogP contribution in [-0.2, 0) is 19.1 Å². The minimum atomic E-state index is -1.41. The van der Waals surface area contributed by atoms with E-state index in [2.05, 4.69) is 4.98 Å². The fourth-order valence-corrected chi connectivity index (χ4v) is 5.13. The van der Waals surface area contributed by atoms with Gasteiger partial charge in [0.15, 0.2) is 0 Å². The van der Waals surface area contributed by atoms with Crippen LogP contribution >= 0.6 is 11.3 Å². The first kappa shape index (κ1) is 31.2. The van der Waals surface area contributed by atoms with Crippen LogP contribution in [-0.4, -0.2) is 67.8 Å². The third kappa shape index (κ3) is 8.00. The number of thiazole rings is 1. The number of hydrogen-bond acceptors (Lipinski definition) is 9. The van der Waals surface area contributed by atoms with E-state index in [1.54, 1.807) is 18.3 Å². The molecular weight excluding hydrogens is 496 g/mol. The van der Waals surface area contributed by atoms with Crippen molar-refractivity contribution in [1.82, 2.24) is 4.98 Å². The first-order chi connectivity index (χ1) is 17.0. The van der Waals surface area contributed by atoms with E-state index in [1.807, 2.05) is 32.2 Å². The van der Waals surface area contributed by atoms with Gasteiger partial charge in [-0.25, -0.2) is 4.98 Å². The Balaban J connectivity index is 1.88. The maximum atomic E-state index is 12.9. The third-order valence-electron chi connectivity index (χ3n) is 7.75. The van der Waals surface area contributed by atoms with Crippen molar-refractivity contribution in [2.24, 2.45) is 23.0 Å². The highest BCUT2D eigenvalue weighted by atomic mass is 32.1. The molecule has 37 heavy (non-hydrogen) atoms. The van der Waals surface area contributed by atoms with Gasteiger partial charge in [0.2, 0.25) is 0 Å². The minimum absolute atomic E-state index is 0.0759. The van der Waals surface area contributed by atoms with Crippen molar-refractivity contribution in [3.63, 3.8) is 0 Å². The number of hydrogen-bond donors (Lipinski definition) is 4. The number of Topliss-reactive ketones (excluding diaryl/α,β-unsaturated/α-hetero) is 2. The third-order valence-corrected chi connectivity index (χ3v) is 8.54. The standard InChI is InChI=1S/C27H42N2O7S/c1-14(10-18-13-37-17(4)29-18)19(28)11-22-27(7,36-22)9-8-20(30)15(2)24(34)16(3)25(35)26(5,6)21(31)12-23(32)33/h10,13,15-16,19,21-22,24,31,34H,8-9,11-12,28H2,1-7H3,(H,32,33)/b14-10+. The van der Waals surface area contributed by atoms with Crippen molar-refractivity contribution in [3.05, 3.63) is 21.7 Å². The van der Waals surface area contributed by atoms with Crippen LogP contribution in [0.25, 0.3) is 6.08 Å². The number of nitrogens with zero attached hydrogens (tertiary/aromatic N) is 1. The lowest BCUT2D eigenvalue weighted by Crippen LogP contribution is -2.46. The largest absolute Gasteiger partial charge is 0.481 e. The fourth-order valence-electron chi connectivity index (χ4n) is 4.56. The Kier molecular flexibility index (Phi) is 10.3. The van der Waals surface area contributed by atoms with Gasteiger partial charge in [0.1, 0.15) is 11.6 Å². The van der Waals surface area contributed by atoms with Crippen LogP contribution in [0.5, 0.6) is 0 Å². The van der Waals surface area contributed by atoms with Gasteiger partial charge in [0, 0.05) is 29.7 Å². The van der Waals surface area contributed by atoms with Gasteiger partial charge in [0.25, 0.3) is 0 Å². The van der Waals surface area contributed by atoms with Gasteiger partial charge in [-0.15, -0.1) is 11.3 Å². The lowest BCUT2D eigenvalue weighted by atomic mass is 9.73. The highest BCUT2D eigenvalue weighted by Gasteiger charge is 2.52. The lowest BCUT2D eigenvalue weighted by Gasteiger charge is -2.33. The van der Waals surface area contributed by atoms with Gasteiger partial charge >= 0.3 is 5.97 Å². The highest BCUT2D eigenvalue weighted by Crippen LogP contribution is 2.43. The van der Waals surface area contributed by atoms with Crippen LogP contribution in [0, 0.1) is 24.2 Å². The van der Waals surface area contributed by atoms with E-state index in [1.165, 1.54) is 20.8 Å². The summed E-state index contributed by atoms with van der Waals surface area (Å²) in [5.41, 5.74) is 6.41. The van der Waals surface area contributed by atoms with Gasteiger partial charge in [0.05, 0.1) is 46.5 Å². The zero-order valence-electron chi connectivity index (χ0n) is 22.9. The summed E-state index contributed by atoms with van der Waals surface area (Å²) >= 11 is 1.58. The predicted octanol–water partition coefficient (Wildman–Crippen LogP) is 3.14. The Bertz CT molecular complexity index is 1020. The molecule has 0 spiro atoms. The van der Waals surface area contributed by atoms with Crippen molar-refractivity contribution >= 4 is 34.9 Å². The van der Waals surface area contributed by atoms with Crippen LogP contribution in [0.4, 0.5) is 0 Å². The molecule has 5 N–H and O–H groups in total. The topological polar surface area (TPSA) is 163 Å². The number of carboxylic acid groups (broad SMARTS) is 1. The molecule has 1 saturated heterocycles. The molecule has 0 amide bonds. The highest BCUT2D eigenvalue weighted by molar-refractivity contribution is 7.09. The number of ketones is 2. The maximum absolute atomic E-state index is 12.9. The zero-order valence-corrected chi connectivity index (χ0v) is 23.7. The number of carbonyl (C=O) groups is 3. The minimum Gasteiger partial charge on any atom is -0.481 e. The average Bonchev–Trinajstić information content (AvgIpc) is 3.26. The molecule has 1 aromatic heterocycles. The summed E-state index contributed by atoms with van der Waals surface area (Å²) in [5, 5.41) is 32.9. The molecule has 208 valence electrons. The van der Waals surface area contributed by atoms with E-state index in [0.717, 1.165) is 16.3 Å². The molecular formula is C27H42N2O7S. The second kappa shape index (κ2) is 12.3. The quantitative estimate of drug-likeness (QED) is 0.246. The molecule has 9 nitrogen and oxygen atoms in total. The van der Waals surface area contributed by atoms with Gasteiger partial charge in [-0.1, -0.05) is 33.3 Å². The lowest BCUT2D eigenvalue weighted by molar-refractivity contribution is -0.147. The summed E-state index contributed by atoms with van der Waals surface area (Å²) in [7, 11) is 0. The molecule has 7 unspecified atom stereocenters. The van der Waals surface area contributed by atoms with E-state index in [4.69, 9.17) is 15.6 Å². The number of aliphatic carboxylic acids is 1. The van der Waals surface area contributed by atoms with Crippen LogP contribution in [0.15, 0.2) is 11.0 Å². The number of aromatic nitrogens is 1. The summed E-state index contributed by atoms with van der Waals surface area (Å²) in [6.45, 7) is 11.8. The molecule has 1 fully saturated rings. The maximum Gasteiger partial charge on any atom is 0.306 e. The SMILES string of the molecule is C/C(=C\c1csc(C)n1)C(N)CC1OC1(C)CCC(=O)C(C)C(O)C(C)C(=O)C(C)(C)C(O)CC(=O)O. The van der Waals surface area contributed by atoms with Crippen molar-refractivity contribution in [1.29, 1.82) is 0 Å². The zero-order chi connectivity index (χ0) is 28.3. The van der Waals surface area contributed by atoms with E-state index >= 15 is 0 Å². The Morgan fingerprint density at radius 1 is 1.27 bits per heavy atom. The average molecular weight is 539 g/mol. The Hall–Kier alpha value is -1.98. The van der Waals surface area contributed by atoms with Crippen molar-refractivity contribution < 1.29 is 34.4 Å². The monoisotopic (exact) mass is 538 g/mol. The smallest absolute Gasteiger partial charge is 0.306 e.